The van der Waals surface area contributed by atoms with Crippen molar-refractivity contribution in [3.63, 3.8) is 0 Å². The number of aliphatic hydroxyl groups is 1. The van der Waals surface area contributed by atoms with Crippen LogP contribution in [0.3, 0.4) is 0 Å². The van der Waals surface area contributed by atoms with Gasteiger partial charge in [-0.2, -0.15) is 0 Å². The maximum absolute atomic E-state index is 12.8. The van der Waals surface area contributed by atoms with Crippen LogP contribution in [0.4, 0.5) is 0 Å². The van der Waals surface area contributed by atoms with Gasteiger partial charge in [0.2, 0.25) is 17.7 Å². The molecule has 178 valence electrons. The predicted molar refractivity (Wildman–Crippen MR) is 116 cm³/mol. The number of amides is 3. The molecular weight excluding hydrogens is 404 g/mol. The second kappa shape index (κ2) is 14.1. The summed E-state index contributed by atoms with van der Waals surface area (Å²) >= 11 is 0. The van der Waals surface area contributed by atoms with Crippen molar-refractivity contribution in [1.29, 1.82) is 0 Å². The van der Waals surface area contributed by atoms with Gasteiger partial charge in [0.1, 0.15) is 12.1 Å². The quantitative estimate of drug-likeness (QED) is 0.163. The van der Waals surface area contributed by atoms with Gasteiger partial charge in [0.05, 0.1) is 18.1 Å². The van der Waals surface area contributed by atoms with Gasteiger partial charge in [-0.15, -0.1) is 0 Å². The van der Waals surface area contributed by atoms with Gasteiger partial charge in [-0.05, 0) is 52.2 Å². The molecule has 5 atom stereocenters. The summed E-state index contributed by atoms with van der Waals surface area (Å²) < 4.78 is 0. The SMILES string of the molecule is CCC(=O)[C@H](CCN)NC(=O)[C@@H](NC(=O)[C@H](CCN)NC(=O)[C@H]1CCCNC1)C(C)O. The molecule has 1 aliphatic rings. The predicted octanol–water partition coefficient (Wildman–Crippen LogP) is -2.50. The van der Waals surface area contributed by atoms with Crippen LogP contribution in [0, 0.1) is 5.92 Å². The van der Waals surface area contributed by atoms with Crippen molar-refractivity contribution in [3.05, 3.63) is 0 Å². The molecule has 11 heteroatoms. The van der Waals surface area contributed by atoms with Crippen LogP contribution in [0.5, 0.6) is 0 Å². The summed E-state index contributed by atoms with van der Waals surface area (Å²) in [7, 11) is 0. The monoisotopic (exact) mass is 442 g/mol. The van der Waals surface area contributed by atoms with Crippen molar-refractivity contribution >= 4 is 23.5 Å². The lowest BCUT2D eigenvalue weighted by molar-refractivity contribution is -0.136. The zero-order valence-corrected chi connectivity index (χ0v) is 18.5. The summed E-state index contributed by atoms with van der Waals surface area (Å²) in [5.74, 6) is -2.01. The van der Waals surface area contributed by atoms with E-state index < -0.39 is 36.0 Å². The fourth-order valence-electron chi connectivity index (χ4n) is 3.45. The van der Waals surface area contributed by atoms with Crippen molar-refractivity contribution in [1.82, 2.24) is 21.3 Å². The lowest BCUT2D eigenvalue weighted by atomic mass is 9.98. The molecule has 1 saturated heterocycles. The Balaban J connectivity index is 2.82. The second-order valence-corrected chi connectivity index (χ2v) is 7.87. The highest BCUT2D eigenvalue weighted by molar-refractivity contribution is 5.95. The van der Waals surface area contributed by atoms with Crippen LogP contribution in [0.1, 0.15) is 46.0 Å². The molecule has 0 radical (unpaired) electrons. The number of nitrogens with two attached hydrogens (primary N) is 2. The van der Waals surface area contributed by atoms with Gasteiger partial charge in [0.25, 0.3) is 0 Å². The Kier molecular flexibility index (Phi) is 12.2. The smallest absolute Gasteiger partial charge is 0.245 e. The van der Waals surface area contributed by atoms with Crippen LogP contribution in [-0.4, -0.2) is 79.0 Å². The van der Waals surface area contributed by atoms with Crippen LogP contribution in [0.2, 0.25) is 0 Å². The highest BCUT2D eigenvalue weighted by Gasteiger charge is 2.32. The van der Waals surface area contributed by atoms with E-state index in [4.69, 9.17) is 11.5 Å². The molecule has 0 aliphatic carbocycles. The Morgan fingerprint density at radius 1 is 1.03 bits per heavy atom. The van der Waals surface area contributed by atoms with Crippen LogP contribution in [0.15, 0.2) is 0 Å². The summed E-state index contributed by atoms with van der Waals surface area (Å²) in [6.07, 6.45) is 1.02. The summed E-state index contributed by atoms with van der Waals surface area (Å²) in [5.41, 5.74) is 11.1. The number of hydrogen-bond acceptors (Lipinski definition) is 8. The largest absolute Gasteiger partial charge is 0.391 e. The lowest BCUT2D eigenvalue weighted by Crippen LogP contribution is -2.59. The highest BCUT2D eigenvalue weighted by atomic mass is 16.3. The molecule has 0 saturated carbocycles. The summed E-state index contributed by atoms with van der Waals surface area (Å²) in [6.45, 7) is 4.77. The molecule has 1 unspecified atom stereocenters. The third-order valence-corrected chi connectivity index (χ3v) is 5.33. The van der Waals surface area contributed by atoms with E-state index in [0.717, 1.165) is 19.4 Å². The fraction of sp³-hybridized carbons (Fsp3) is 0.800. The fourth-order valence-corrected chi connectivity index (χ4v) is 3.45. The third-order valence-electron chi connectivity index (χ3n) is 5.33. The van der Waals surface area contributed by atoms with E-state index in [9.17, 15) is 24.3 Å². The highest BCUT2D eigenvalue weighted by Crippen LogP contribution is 2.10. The maximum Gasteiger partial charge on any atom is 0.245 e. The van der Waals surface area contributed by atoms with Gasteiger partial charge in [-0.25, -0.2) is 0 Å². The first-order valence-electron chi connectivity index (χ1n) is 11.0. The second-order valence-electron chi connectivity index (χ2n) is 7.87. The minimum Gasteiger partial charge on any atom is -0.391 e. The van der Waals surface area contributed by atoms with Crippen LogP contribution < -0.4 is 32.7 Å². The van der Waals surface area contributed by atoms with Crippen molar-refractivity contribution in [2.45, 2.75) is 70.2 Å². The molecule has 0 bridgehead atoms. The van der Waals surface area contributed by atoms with E-state index in [1.54, 1.807) is 6.92 Å². The molecule has 1 fully saturated rings. The number of piperidine rings is 1. The average molecular weight is 443 g/mol. The summed E-state index contributed by atoms with van der Waals surface area (Å²) in [5, 5.41) is 21.0. The zero-order valence-electron chi connectivity index (χ0n) is 18.5. The molecule has 3 amide bonds. The molecule has 1 rings (SSSR count). The number of ketones is 1. The van der Waals surface area contributed by atoms with E-state index in [-0.39, 0.29) is 50.0 Å². The Hall–Kier alpha value is -2.08. The molecule has 1 heterocycles. The normalized spacial score (nSPS) is 20.1. The standard InChI is InChI=1S/C20H38N6O5/c1-3-16(28)14(6-8-21)24-20(31)17(12(2)27)26-19(30)15(7-9-22)25-18(29)13-5-4-10-23-11-13/h12-15,17,23,27H,3-11,21-22H2,1-2H3,(H,24,31)(H,25,29)(H,26,30)/t12?,13-,14-,15-,17-/m0/s1. The Morgan fingerprint density at radius 2 is 1.68 bits per heavy atom. The number of carbonyl (C=O) groups is 4. The molecule has 0 aromatic carbocycles. The number of aliphatic hydroxyl groups excluding tert-OH is 1. The van der Waals surface area contributed by atoms with Crippen molar-refractivity contribution in [2.24, 2.45) is 17.4 Å². The number of carbonyl (C=O) groups excluding carboxylic acids is 4. The zero-order chi connectivity index (χ0) is 23.4. The van der Waals surface area contributed by atoms with Gasteiger partial charge in [-0.3, -0.25) is 19.2 Å². The molecule has 11 nitrogen and oxygen atoms in total. The maximum atomic E-state index is 12.8. The lowest BCUT2D eigenvalue weighted by Gasteiger charge is -2.28. The Morgan fingerprint density at radius 3 is 2.19 bits per heavy atom. The van der Waals surface area contributed by atoms with Gasteiger partial charge in [0.15, 0.2) is 5.78 Å². The first kappa shape index (κ1) is 27.0. The van der Waals surface area contributed by atoms with E-state index in [2.05, 4.69) is 21.3 Å². The first-order valence-corrected chi connectivity index (χ1v) is 11.0. The Labute approximate surface area is 183 Å². The molecule has 0 aromatic heterocycles. The Bertz CT molecular complexity index is 609. The van der Waals surface area contributed by atoms with Crippen molar-refractivity contribution in [3.8, 4) is 0 Å². The van der Waals surface area contributed by atoms with E-state index in [1.807, 2.05) is 0 Å². The molecule has 9 N–H and O–H groups in total. The van der Waals surface area contributed by atoms with Gasteiger partial charge < -0.3 is 37.8 Å². The minimum atomic E-state index is -1.30. The van der Waals surface area contributed by atoms with Gasteiger partial charge >= 0.3 is 0 Å². The molecular formula is C20H38N6O5. The first-order chi connectivity index (χ1) is 14.7. The molecule has 0 aromatic rings. The van der Waals surface area contributed by atoms with Crippen molar-refractivity contribution < 1.29 is 24.3 Å². The third kappa shape index (κ3) is 8.90. The summed E-state index contributed by atoms with van der Waals surface area (Å²) in [6, 6.07) is -3.03. The van der Waals surface area contributed by atoms with Crippen LogP contribution in [0.25, 0.3) is 0 Å². The van der Waals surface area contributed by atoms with Gasteiger partial charge in [0, 0.05) is 13.0 Å². The number of Topliss-reactive ketones (excluding diaryl/α,β-unsaturated/α-hetero) is 1. The minimum absolute atomic E-state index is 0.149. The van der Waals surface area contributed by atoms with Crippen LogP contribution in [-0.2, 0) is 19.2 Å². The number of rotatable bonds is 13. The number of hydrogen-bond donors (Lipinski definition) is 7. The topological polar surface area (TPSA) is 189 Å². The molecule has 1 aliphatic heterocycles. The van der Waals surface area contributed by atoms with E-state index in [1.165, 1.54) is 6.92 Å². The van der Waals surface area contributed by atoms with Crippen molar-refractivity contribution in [2.75, 3.05) is 26.2 Å². The number of nitrogens with one attached hydrogen (secondary N) is 4. The van der Waals surface area contributed by atoms with Crippen LogP contribution >= 0.6 is 0 Å². The van der Waals surface area contributed by atoms with Gasteiger partial charge in [-0.1, -0.05) is 6.92 Å². The van der Waals surface area contributed by atoms with E-state index in [0.29, 0.717) is 6.54 Å². The van der Waals surface area contributed by atoms with E-state index >= 15 is 0 Å². The molecule has 0 spiro atoms. The average Bonchev–Trinajstić information content (AvgIpc) is 2.76. The molecule has 31 heavy (non-hydrogen) atoms. The summed E-state index contributed by atoms with van der Waals surface area (Å²) in [4.78, 5) is 50.0.